The first-order chi connectivity index (χ1) is 8.74. The molecule has 0 saturated heterocycles. The molecule has 0 aliphatic carbocycles. The van der Waals surface area contributed by atoms with Gasteiger partial charge >= 0.3 is 0 Å². The molecular formula is C15H33NO2. The molecule has 0 bridgehead atoms. The van der Waals surface area contributed by atoms with Gasteiger partial charge in [0.2, 0.25) is 0 Å². The molecule has 0 aliphatic heterocycles. The highest BCUT2D eigenvalue weighted by molar-refractivity contribution is 4.66. The van der Waals surface area contributed by atoms with Crippen LogP contribution in [0, 0.1) is 0 Å². The maximum absolute atomic E-state index is 9.01. The van der Waals surface area contributed by atoms with Gasteiger partial charge in [-0.05, 0) is 32.7 Å². The molecule has 0 aromatic carbocycles. The van der Waals surface area contributed by atoms with Crippen molar-refractivity contribution < 1.29 is 9.84 Å². The number of aliphatic hydroxyl groups excluding tert-OH is 1. The summed E-state index contributed by atoms with van der Waals surface area (Å²) in [6, 6.07) is 0.299. The third kappa shape index (κ3) is 11.0. The first-order valence-electron chi connectivity index (χ1n) is 7.70. The van der Waals surface area contributed by atoms with Crippen LogP contribution in [0.3, 0.4) is 0 Å². The average Bonchev–Trinajstić information content (AvgIpc) is 2.38. The van der Waals surface area contributed by atoms with Crippen LogP contribution in [0.4, 0.5) is 0 Å². The maximum atomic E-state index is 9.01. The van der Waals surface area contributed by atoms with Crippen LogP contribution in [0.15, 0.2) is 0 Å². The monoisotopic (exact) mass is 259 g/mol. The second-order valence-corrected chi connectivity index (χ2v) is 5.16. The van der Waals surface area contributed by atoms with E-state index in [0.29, 0.717) is 12.1 Å². The summed E-state index contributed by atoms with van der Waals surface area (Å²) in [5.41, 5.74) is 0. The van der Waals surface area contributed by atoms with Crippen molar-refractivity contribution in [2.45, 2.75) is 77.9 Å². The molecule has 2 unspecified atom stereocenters. The highest BCUT2D eigenvalue weighted by Crippen LogP contribution is 2.08. The van der Waals surface area contributed by atoms with Crippen LogP contribution in [0.5, 0.6) is 0 Å². The zero-order valence-electron chi connectivity index (χ0n) is 12.6. The minimum atomic E-state index is 0.232. The van der Waals surface area contributed by atoms with Gasteiger partial charge in [-0.15, -0.1) is 0 Å². The summed E-state index contributed by atoms with van der Waals surface area (Å²) >= 11 is 0. The minimum Gasteiger partial charge on any atom is -0.396 e. The standard InChI is InChI=1S/C15H33NO2/c1-4-6-7-8-9-14(3)18-13-15(10-12-17)16-11-5-2/h14-17H,4-13H2,1-3H3. The summed E-state index contributed by atoms with van der Waals surface area (Å²) in [6.07, 6.45) is 8.59. The van der Waals surface area contributed by atoms with Crippen molar-refractivity contribution >= 4 is 0 Å². The third-order valence-corrected chi connectivity index (χ3v) is 3.21. The highest BCUT2D eigenvalue weighted by Gasteiger charge is 2.09. The van der Waals surface area contributed by atoms with Crippen molar-refractivity contribution in [1.29, 1.82) is 0 Å². The molecule has 0 spiro atoms. The summed E-state index contributed by atoms with van der Waals surface area (Å²) < 4.78 is 5.86. The van der Waals surface area contributed by atoms with Crippen LogP contribution in [0.1, 0.15) is 65.7 Å². The summed E-state index contributed by atoms with van der Waals surface area (Å²) in [5.74, 6) is 0. The molecule has 0 heterocycles. The van der Waals surface area contributed by atoms with Gasteiger partial charge in [0.15, 0.2) is 0 Å². The summed E-state index contributed by atoms with van der Waals surface area (Å²) in [6.45, 7) is 8.49. The van der Waals surface area contributed by atoms with Gasteiger partial charge in [-0.1, -0.05) is 39.5 Å². The second kappa shape index (κ2) is 13.3. The van der Waals surface area contributed by atoms with E-state index in [0.717, 1.165) is 32.4 Å². The van der Waals surface area contributed by atoms with E-state index in [9.17, 15) is 0 Å². The Morgan fingerprint density at radius 2 is 1.83 bits per heavy atom. The number of ether oxygens (including phenoxy) is 1. The highest BCUT2D eigenvalue weighted by atomic mass is 16.5. The van der Waals surface area contributed by atoms with Crippen LogP contribution in [-0.2, 0) is 4.74 Å². The van der Waals surface area contributed by atoms with Crippen molar-refractivity contribution in [2.24, 2.45) is 0 Å². The molecule has 0 amide bonds. The van der Waals surface area contributed by atoms with Crippen molar-refractivity contribution in [3.63, 3.8) is 0 Å². The molecule has 0 rings (SSSR count). The van der Waals surface area contributed by atoms with Crippen LogP contribution in [0.2, 0.25) is 0 Å². The predicted octanol–water partition coefficient (Wildman–Crippen LogP) is 3.11. The molecule has 0 radical (unpaired) electrons. The van der Waals surface area contributed by atoms with E-state index < -0.39 is 0 Å². The molecule has 0 aliphatic rings. The predicted molar refractivity (Wildman–Crippen MR) is 78.0 cm³/mol. The quantitative estimate of drug-likeness (QED) is 0.499. The van der Waals surface area contributed by atoms with Gasteiger partial charge in [0.25, 0.3) is 0 Å². The van der Waals surface area contributed by atoms with Gasteiger partial charge in [-0.2, -0.15) is 0 Å². The second-order valence-electron chi connectivity index (χ2n) is 5.16. The van der Waals surface area contributed by atoms with E-state index >= 15 is 0 Å². The number of hydrogen-bond donors (Lipinski definition) is 2. The summed E-state index contributed by atoms with van der Waals surface area (Å²) in [4.78, 5) is 0. The Hall–Kier alpha value is -0.120. The molecule has 0 saturated carbocycles. The first kappa shape index (κ1) is 17.9. The Morgan fingerprint density at radius 1 is 1.06 bits per heavy atom. The fourth-order valence-electron chi connectivity index (χ4n) is 1.97. The lowest BCUT2D eigenvalue weighted by Gasteiger charge is -2.20. The smallest absolute Gasteiger partial charge is 0.0624 e. The number of aliphatic hydroxyl groups is 1. The number of rotatable bonds is 13. The van der Waals surface area contributed by atoms with Gasteiger partial charge in [-0.3, -0.25) is 0 Å². The van der Waals surface area contributed by atoms with E-state index in [-0.39, 0.29) is 6.61 Å². The maximum Gasteiger partial charge on any atom is 0.0624 e. The first-order valence-corrected chi connectivity index (χ1v) is 7.70. The van der Waals surface area contributed by atoms with Crippen molar-refractivity contribution in [3.05, 3.63) is 0 Å². The SMILES string of the molecule is CCCCCCC(C)OCC(CCO)NCCC. The van der Waals surface area contributed by atoms with Crippen molar-refractivity contribution in [1.82, 2.24) is 5.32 Å². The van der Waals surface area contributed by atoms with E-state index in [1.54, 1.807) is 0 Å². The van der Waals surface area contributed by atoms with Crippen LogP contribution in [0.25, 0.3) is 0 Å². The van der Waals surface area contributed by atoms with Crippen molar-refractivity contribution in [2.75, 3.05) is 19.8 Å². The lowest BCUT2D eigenvalue weighted by molar-refractivity contribution is 0.0384. The topological polar surface area (TPSA) is 41.5 Å². The number of unbranched alkanes of at least 4 members (excludes halogenated alkanes) is 3. The molecule has 110 valence electrons. The van der Waals surface area contributed by atoms with Crippen LogP contribution in [-0.4, -0.2) is 37.0 Å². The Balaban J connectivity index is 3.60. The Labute approximate surface area is 113 Å². The Kier molecular flexibility index (Phi) is 13.2. The number of hydrogen-bond acceptors (Lipinski definition) is 3. The summed E-state index contributed by atoms with van der Waals surface area (Å²) in [7, 11) is 0. The number of nitrogens with one attached hydrogen (secondary N) is 1. The Morgan fingerprint density at radius 3 is 2.44 bits per heavy atom. The van der Waals surface area contributed by atoms with E-state index in [1.807, 2.05) is 0 Å². The fourth-order valence-corrected chi connectivity index (χ4v) is 1.97. The zero-order valence-corrected chi connectivity index (χ0v) is 12.6. The van der Waals surface area contributed by atoms with Crippen LogP contribution < -0.4 is 5.32 Å². The average molecular weight is 259 g/mol. The van der Waals surface area contributed by atoms with Gasteiger partial charge < -0.3 is 15.2 Å². The zero-order chi connectivity index (χ0) is 13.6. The molecule has 2 atom stereocenters. The van der Waals surface area contributed by atoms with Gasteiger partial charge in [0.1, 0.15) is 0 Å². The van der Waals surface area contributed by atoms with E-state index in [4.69, 9.17) is 9.84 Å². The van der Waals surface area contributed by atoms with Gasteiger partial charge in [0.05, 0.1) is 12.7 Å². The molecule has 0 aromatic heterocycles. The summed E-state index contributed by atoms with van der Waals surface area (Å²) in [5, 5.41) is 12.4. The third-order valence-electron chi connectivity index (χ3n) is 3.21. The minimum absolute atomic E-state index is 0.232. The molecule has 0 fully saturated rings. The van der Waals surface area contributed by atoms with Crippen LogP contribution >= 0.6 is 0 Å². The van der Waals surface area contributed by atoms with Gasteiger partial charge in [-0.25, -0.2) is 0 Å². The van der Waals surface area contributed by atoms with Gasteiger partial charge in [0, 0.05) is 12.6 Å². The Bertz CT molecular complexity index is 165. The normalized spacial score (nSPS) is 14.7. The molecule has 2 N–H and O–H groups in total. The fraction of sp³-hybridized carbons (Fsp3) is 1.00. The van der Waals surface area contributed by atoms with E-state index in [1.165, 1.54) is 25.7 Å². The molecular weight excluding hydrogens is 226 g/mol. The lowest BCUT2D eigenvalue weighted by Crippen LogP contribution is -2.36. The lowest BCUT2D eigenvalue weighted by atomic mass is 10.1. The molecule has 3 nitrogen and oxygen atoms in total. The van der Waals surface area contributed by atoms with E-state index in [2.05, 4.69) is 26.1 Å². The molecule has 18 heavy (non-hydrogen) atoms. The molecule has 0 aromatic rings. The van der Waals surface area contributed by atoms with Crippen molar-refractivity contribution in [3.8, 4) is 0 Å². The largest absolute Gasteiger partial charge is 0.396 e. The molecule has 3 heteroatoms.